The SMILES string of the molecule is Oc1cc2c(cc1O)C1(CO2)C2=Nc3sc(Cl)cc3CN2c2ccccc21. The molecule has 1 spiro atoms. The van der Waals surface area contributed by atoms with E-state index in [0.717, 1.165) is 37.6 Å². The number of phenolic OH excluding ortho intramolecular Hbond substituents is 2. The van der Waals surface area contributed by atoms with E-state index in [2.05, 4.69) is 17.0 Å². The summed E-state index contributed by atoms with van der Waals surface area (Å²) in [5.74, 6) is 1.09. The lowest BCUT2D eigenvalue weighted by molar-refractivity contribution is 0.324. The zero-order valence-corrected chi connectivity index (χ0v) is 15.5. The highest BCUT2D eigenvalue weighted by molar-refractivity contribution is 7.19. The van der Waals surface area contributed by atoms with Crippen LogP contribution in [-0.2, 0) is 12.0 Å². The van der Waals surface area contributed by atoms with Crippen LogP contribution in [0.3, 0.4) is 0 Å². The van der Waals surface area contributed by atoms with Crippen LogP contribution in [0.2, 0.25) is 4.34 Å². The molecule has 0 radical (unpaired) electrons. The standard InChI is InChI=1S/C20H13ClN2O3S/c21-17-5-10-8-23-13-4-2-1-3-11(13)20(19(23)22-18(10)27-17)9-26-16-7-15(25)14(24)6-12(16)20/h1-7,24-25H,8-9H2. The van der Waals surface area contributed by atoms with E-state index in [0.29, 0.717) is 18.9 Å². The Hall–Kier alpha value is -2.70. The van der Waals surface area contributed by atoms with Gasteiger partial charge in [-0.15, -0.1) is 11.3 Å². The van der Waals surface area contributed by atoms with Crippen LogP contribution in [0.1, 0.15) is 16.7 Å². The molecule has 3 aliphatic rings. The van der Waals surface area contributed by atoms with Gasteiger partial charge in [0.2, 0.25) is 0 Å². The van der Waals surface area contributed by atoms with Crippen LogP contribution >= 0.6 is 22.9 Å². The molecule has 27 heavy (non-hydrogen) atoms. The highest BCUT2D eigenvalue weighted by Gasteiger charge is 2.56. The van der Waals surface area contributed by atoms with Crippen LogP contribution in [-0.4, -0.2) is 22.7 Å². The van der Waals surface area contributed by atoms with Crippen molar-refractivity contribution in [2.75, 3.05) is 11.5 Å². The molecule has 0 aliphatic carbocycles. The number of aromatic hydroxyl groups is 2. The van der Waals surface area contributed by atoms with Crippen LogP contribution in [0.15, 0.2) is 47.5 Å². The molecule has 1 aromatic heterocycles. The molecule has 6 rings (SSSR count). The van der Waals surface area contributed by atoms with Gasteiger partial charge in [0.05, 0.1) is 10.9 Å². The highest BCUT2D eigenvalue weighted by Crippen LogP contribution is 2.57. The molecule has 0 bridgehead atoms. The minimum Gasteiger partial charge on any atom is -0.504 e. The van der Waals surface area contributed by atoms with Crippen molar-refractivity contribution < 1.29 is 14.9 Å². The van der Waals surface area contributed by atoms with Gasteiger partial charge in [-0.1, -0.05) is 29.8 Å². The molecule has 1 unspecified atom stereocenters. The lowest BCUT2D eigenvalue weighted by Gasteiger charge is -2.30. The van der Waals surface area contributed by atoms with Gasteiger partial charge in [0.15, 0.2) is 11.5 Å². The van der Waals surface area contributed by atoms with E-state index in [1.165, 1.54) is 17.4 Å². The zero-order valence-electron chi connectivity index (χ0n) is 13.9. The fraction of sp³-hybridized carbons (Fsp3) is 0.150. The highest BCUT2D eigenvalue weighted by atomic mass is 35.5. The van der Waals surface area contributed by atoms with Gasteiger partial charge in [0.25, 0.3) is 0 Å². The molecule has 7 heteroatoms. The maximum absolute atomic E-state index is 10.2. The molecule has 0 saturated heterocycles. The third-order valence-corrected chi connectivity index (χ3v) is 6.77. The topological polar surface area (TPSA) is 65.3 Å². The number of para-hydroxylation sites is 1. The van der Waals surface area contributed by atoms with Gasteiger partial charge < -0.3 is 19.8 Å². The molecule has 2 N–H and O–H groups in total. The summed E-state index contributed by atoms with van der Waals surface area (Å²) in [6, 6.07) is 13.2. The monoisotopic (exact) mass is 396 g/mol. The van der Waals surface area contributed by atoms with Crippen LogP contribution < -0.4 is 9.64 Å². The van der Waals surface area contributed by atoms with Crippen LogP contribution in [0, 0.1) is 0 Å². The van der Waals surface area contributed by atoms with E-state index >= 15 is 0 Å². The van der Waals surface area contributed by atoms with Crippen molar-refractivity contribution >= 4 is 39.5 Å². The number of benzene rings is 2. The van der Waals surface area contributed by atoms with Crippen molar-refractivity contribution in [3.8, 4) is 17.2 Å². The molecule has 134 valence electrons. The Kier molecular flexibility index (Phi) is 2.83. The van der Waals surface area contributed by atoms with Crippen molar-refractivity contribution in [2.24, 2.45) is 4.99 Å². The molecule has 0 amide bonds. The maximum atomic E-state index is 10.2. The number of hydrogen-bond acceptors (Lipinski definition) is 6. The Morgan fingerprint density at radius 2 is 1.93 bits per heavy atom. The van der Waals surface area contributed by atoms with Crippen LogP contribution in [0.5, 0.6) is 17.2 Å². The van der Waals surface area contributed by atoms with Gasteiger partial charge in [0.1, 0.15) is 28.6 Å². The molecule has 0 saturated carbocycles. The molecule has 4 heterocycles. The van der Waals surface area contributed by atoms with E-state index < -0.39 is 5.41 Å². The molecule has 1 atom stereocenters. The summed E-state index contributed by atoms with van der Waals surface area (Å²) in [4.78, 5) is 7.18. The third-order valence-electron chi connectivity index (χ3n) is 5.57. The average molecular weight is 397 g/mol. The van der Waals surface area contributed by atoms with E-state index in [4.69, 9.17) is 21.3 Å². The number of amidine groups is 1. The number of thiophene rings is 1. The van der Waals surface area contributed by atoms with Gasteiger partial charge in [0, 0.05) is 22.9 Å². The predicted molar refractivity (Wildman–Crippen MR) is 105 cm³/mol. The number of ether oxygens (including phenoxy) is 1. The van der Waals surface area contributed by atoms with Gasteiger partial charge >= 0.3 is 0 Å². The van der Waals surface area contributed by atoms with E-state index in [1.54, 1.807) is 6.07 Å². The van der Waals surface area contributed by atoms with E-state index in [-0.39, 0.29) is 11.5 Å². The fourth-order valence-electron chi connectivity index (χ4n) is 4.39. The first kappa shape index (κ1) is 15.4. The lowest BCUT2D eigenvalue weighted by Crippen LogP contribution is -2.43. The smallest absolute Gasteiger partial charge is 0.161 e. The number of rotatable bonds is 0. The van der Waals surface area contributed by atoms with Gasteiger partial charge in [-0.05, 0) is 23.8 Å². The number of fused-ring (bicyclic) bond motifs is 8. The van der Waals surface area contributed by atoms with E-state index in [1.807, 2.05) is 18.2 Å². The molecular formula is C20H13ClN2O3S. The largest absolute Gasteiger partial charge is 0.504 e. The molecule has 2 aromatic carbocycles. The number of phenols is 2. The van der Waals surface area contributed by atoms with Crippen LogP contribution in [0.4, 0.5) is 10.7 Å². The number of halogens is 1. The molecular weight excluding hydrogens is 384 g/mol. The summed E-state index contributed by atoms with van der Waals surface area (Å²) < 4.78 is 6.69. The second-order valence-corrected chi connectivity index (χ2v) is 8.61. The second kappa shape index (κ2) is 4.97. The van der Waals surface area contributed by atoms with E-state index in [9.17, 15) is 10.2 Å². The quantitative estimate of drug-likeness (QED) is 0.547. The Morgan fingerprint density at radius 1 is 1.11 bits per heavy atom. The normalized spacial score (nSPS) is 21.4. The first-order valence-corrected chi connectivity index (χ1v) is 9.71. The minimum atomic E-state index is -0.620. The number of nitrogens with zero attached hydrogens (tertiary/aromatic N) is 2. The van der Waals surface area contributed by atoms with Crippen molar-refractivity contribution in [2.45, 2.75) is 12.0 Å². The van der Waals surface area contributed by atoms with Crippen LogP contribution in [0.25, 0.3) is 0 Å². The summed E-state index contributed by atoms with van der Waals surface area (Å²) in [5, 5.41) is 21.0. The Morgan fingerprint density at radius 3 is 2.81 bits per heavy atom. The van der Waals surface area contributed by atoms with Crippen molar-refractivity contribution in [1.82, 2.24) is 0 Å². The summed E-state index contributed by atoms with van der Waals surface area (Å²) >= 11 is 7.69. The number of hydrogen-bond donors (Lipinski definition) is 2. The molecule has 3 aromatic rings. The molecule has 5 nitrogen and oxygen atoms in total. The lowest BCUT2D eigenvalue weighted by atomic mass is 9.76. The summed E-state index contributed by atoms with van der Waals surface area (Å²) in [7, 11) is 0. The van der Waals surface area contributed by atoms with Crippen molar-refractivity contribution in [3.05, 3.63) is 63.5 Å². The summed E-state index contributed by atoms with van der Waals surface area (Å²) in [5.41, 5.74) is 3.47. The Balaban J connectivity index is 1.68. The average Bonchev–Trinajstić information content (AvgIpc) is 3.28. The molecule has 0 fully saturated rings. The Bertz CT molecular complexity index is 1170. The van der Waals surface area contributed by atoms with Crippen molar-refractivity contribution in [3.63, 3.8) is 0 Å². The predicted octanol–water partition coefficient (Wildman–Crippen LogP) is 4.56. The number of anilines is 1. The summed E-state index contributed by atoms with van der Waals surface area (Å²) in [6.07, 6.45) is 0. The Labute approximate surface area is 163 Å². The summed E-state index contributed by atoms with van der Waals surface area (Å²) in [6.45, 7) is 1.06. The van der Waals surface area contributed by atoms with Gasteiger partial charge in [-0.3, -0.25) is 0 Å². The third kappa shape index (κ3) is 1.82. The van der Waals surface area contributed by atoms with Gasteiger partial charge in [-0.2, -0.15) is 0 Å². The zero-order chi connectivity index (χ0) is 18.3. The fourth-order valence-corrected chi connectivity index (χ4v) is 5.52. The first-order valence-electron chi connectivity index (χ1n) is 8.51. The second-order valence-electron chi connectivity index (χ2n) is 6.95. The first-order chi connectivity index (χ1) is 13.1. The van der Waals surface area contributed by atoms with Gasteiger partial charge in [-0.25, -0.2) is 4.99 Å². The number of aliphatic imine (C=N–C) groups is 1. The van der Waals surface area contributed by atoms with Crippen molar-refractivity contribution in [1.29, 1.82) is 0 Å². The molecule has 3 aliphatic heterocycles. The minimum absolute atomic E-state index is 0.161. The maximum Gasteiger partial charge on any atom is 0.161 e.